The van der Waals surface area contributed by atoms with E-state index in [-0.39, 0.29) is 0 Å². The van der Waals surface area contributed by atoms with E-state index in [2.05, 4.69) is 51.0 Å². The molecule has 8 heteroatoms. The molecule has 0 amide bonds. The van der Waals surface area contributed by atoms with Crippen molar-refractivity contribution in [3.8, 4) is 11.6 Å². The van der Waals surface area contributed by atoms with Crippen LogP contribution in [0.2, 0.25) is 0 Å². The van der Waals surface area contributed by atoms with Crippen molar-refractivity contribution in [1.82, 2.24) is 25.0 Å². The molecule has 3 aromatic rings. The fourth-order valence-electron chi connectivity index (χ4n) is 3.88. The van der Waals surface area contributed by atoms with Gasteiger partial charge in [0.15, 0.2) is 5.52 Å². The number of anilines is 1. The first kappa shape index (κ1) is 17.4. The Morgan fingerprint density at radius 1 is 1.04 bits per heavy atom. The van der Waals surface area contributed by atoms with Gasteiger partial charge in [0, 0.05) is 13.1 Å². The quantitative estimate of drug-likeness (QED) is 0.688. The van der Waals surface area contributed by atoms with Crippen LogP contribution in [0.3, 0.4) is 0 Å². The van der Waals surface area contributed by atoms with Crippen LogP contribution in [0.15, 0.2) is 12.1 Å². The van der Waals surface area contributed by atoms with Gasteiger partial charge < -0.3 is 14.4 Å². The van der Waals surface area contributed by atoms with Crippen LogP contribution in [0.5, 0.6) is 5.88 Å². The number of aromatic nitrogens is 5. The molecular weight excluding hydrogens is 356 g/mol. The summed E-state index contributed by atoms with van der Waals surface area (Å²) in [6.45, 7) is 7.08. The largest absolute Gasteiger partial charge is 0.479 e. The van der Waals surface area contributed by atoms with Crippen LogP contribution in [-0.2, 0) is 4.74 Å². The van der Waals surface area contributed by atoms with Crippen LogP contribution >= 0.6 is 0 Å². The molecular formula is C20H24N6O2. The van der Waals surface area contributed by atoms with Gasteiger partial charge in [0.1, 0.15) is 0 Å². The van der Waals surface area contributed by atoms with E-state index in [9.17, 15) is 0 Å². The minimum Gasteiger partial charge on any atom is -0.479 e. The molecule has 2 aliphatic rings. The first-order valence-electron chi connectivity index (χ1n) is 9.77. The van der Waals surface area contributed by atoms with Crippen molar-refractivity contribution in [1.29, 1.82) is 0 Å². The Morgan fingerprint density at radius 2 is 1.75 bits per heavy atom. The lowest BCUT2D eigenvalue weighted by molar-refractivity contribution is 0.122. The lowest BCUT2D eigenvalue weighted by atomic mass is 10.0. The van der Waals surface area contributed by atoms with E-state index < -0.39 is 0 Å². The van der Waals surface area contributed by atoms with E-state index >= 15 is 0 Å². The normalized spacial score (nSPS) is 17.3. The number of rotatable bonds is 4. The molecule has 0 atom stereocenters. The molecule has 1 aromatic carbocycles. The first-order chi connectivity index (χ1) is 13.6. The summed E-state index contributed by atoms with van der Waals surface area (Å²) >= 11 is 0. The predicted molar refractivity (Wildman–Crippen MR) is 105 cm³/mol. The summed E-state index contributed by atoms with van der Waals surface area (Å²) in [5.74, 6) is 1.78. The number of hydrogen-bond acceptors (Lipinski definition) is 7. The lowest BCUT2D eigenvalue weighted by Crippen LogP contribution is -2.37. The van der Waals surface area contributed by atoms with Gasteiger partial charge in [-0.1, -0.05) is 12.1 Å². The van der Waals surface area contributed by atoms with Gasteiger partial charge in [0.2, 0.25) is 17.5 Å². The summed E-state index contributed by atoms with van der Waals surface area (Å²) in [5.41, 5.74) is 5.87. The maximum atomic E-state index is 5.50. The Kier molecular flexibility index (Phi) is 4.16. The molecule has 0 radical (unpaired) electrons. The van der Waals surface area contributed by atoms with Gasteiger partial charge in [-0.05, 0) is 49.3 Å². The Morgan fingerprint density at radius 3 is 2.39 bits per heavy atom. The van der Waals surface area contributed by atoms with Crippen LogP contribution in [-0.4, -0.2) is 58.4 Å². The minimum absolute atomic E-state index is 0.447. The second-order valence-electron chi connectivity index (χ2n) is 7.57. The third-order valence-corrected chi connectivity index (χ3v) is 5.46. The molecule has 0 spiro atoms. The Balaban J connectivity index is 1.59. The van der Waals surface area contributed by atoms with Crippen molar-refractivity contribution in [3.05, 3.63) is 28.8 Å². The molecule has 1 aliphatic heterocycles. The number of nitrogens with zero attached hydrogens (tertiary/aromatic N) is 6. The molecule has 0 N–H and O–H groups in total. The average molecular weight is 380 g/mol. The topological polar surface area (TPSA) is 78.2 Å². The van der Waals surface area contributed by atoms with E-state index in [0.717, 1.165) is 24.7 Å². The second kappa shape index (κ2) is 6.70. The molecule has 1 saturated carbocycles. The Bertz CT molecular complexity index is 1010. The van der Waals surface area contributed by atoms with E-state index in [0.29, 0.717) is 36.2 Å². The van der Waals surface area contributed by atoms with Crippen LogP contribution in [0.1, 0.15) is 35.4 Å². The third-order valence-electron chi connectivity index (χ3n) is 5.46. The SMILES string of the molecule is COc1nc(N2CCOCC2)nc2nn(-c3c(C)cc(C4CC4)cc3C)nc12. The van der Waals surface area contributed by atoms with Gasteiger partial charge in [-0.3, -0.25) is 0 Å². The second-order valence-corrected chi connectivity index (χ2v) is 7.57. The lowest BCUT2D eigenvalue weighted by Gasteiger charge is -2.26. The molecule has 2 fully saturated rings. The zero-order valence-corrected chi connectivity index (χ0v) is 16.5. The Labute approximate surface area is 163 Å². The van der Waals surface area contributed by atoms with Gasteiger partial charge in [-0.25, -0.2) is 0 Å². The zero-order chi connectivity index (χ0) is 19.3. The number of methoxy groups -OCH3 is 1. The van der Waals surface area contributed by atoms with E-state index in [1.54, 1.807) is 11.9 Å². The number of aryl methyl sites for hydroxylation is 2. The number of fused-ring (bicyclic) bond motifs is 1. The van der Waals surface area contributed by atoms with Crippen molar-refractivity contribution >= 4 is 17.1 Å². The summed E-state index contributed by atoms with van der Waals surface area (Å²) in [4.78, 5) is 13.0. The number of morpholine rings is 1. The average Bonchev–Trinajstić information content (AvgIpc) is 3.47. The molecule has 2 aromatic heterocycles. The van der Waals surface area contributed by atoms with E-state index in [1.807, 2.05) is 0 Å². The summed E-state index contributed by atoms with van der Waals surface area (Å²) < 4.78 is 10.9. The summed E-state index contributed by atoms with van der Waals surface area (Å²) in [7, 11) is 1.60. The number of hydrogen-bond donors (Lipinski definition) is 0. The molecule has 5 rings (SSSR count). The monoisotopic (exact) mass is 380 g/mol. The van der Waals surface area contributed by atoms with Crippen LogP contribution in [0.25, 0.3) is 16.9 Å². The van der Waals surface area contributed by atoms with Gasteiger partial charge in [0.05, 0.1) is 26.0 Å². The maximum Gasteiger partial charge on any atom is 0.249 e. The minimum atomic E-state index is 0.447. The highest BCUT2D eigenvalue weighted by Gasteiger charge is 2.25. The van der Waals surface area contributed by atoms with Gasteiger partial charge in [-0.2, -0.15) is 9.97 Å². The van der Waals surface area contributed by atoms with Crippen LogP contribution in [0, 0.1) is 13.8 Å². The Hall–Kier alpha value is -2.74. The van der Waals surface area contributed by atoms with Gasteiger partial charge in [0.25, 0.3) is 0 Å². The van der Waals surface area contributed by atoms with Crippen LogP contribution in [0.4, 0.5) is 5.95 Å². The number of benzene rings is 1. The van der Waals surface area contributed by atoms with Crippen molar-refractivity contribution in [2.45, 2.75) is 32.6 Å². The highest BCUT2D eigenvalue weighted by Crippen LogP contribution is 2.41. The number of ether oxygens (including phenoxy) is 2. The fraction of sp³-hybridized carbons (Fsp3) is 0.500. The van der Waals surface area contributed by atoms with Crippen molar-refractivity contribution in [2.75, 3.05) is 38.3 Å². The van der Waals surface area contributed by atoms with E-state index in [4.69, 9.17) is 9.47 Å². The van der Waals surface area contributed by atoms with Crippen LogP contribution < -0.4 is 9.64 Å². The van der Waals surface area contributed by atoms with Gasteiger partial charge >= 0.3 is 0 Å². The molecule has 146 valence electrons. The molecule has 1 saturated heterocycles. The predicted octanol–water partition coefficient (Wildman–Crippen LogP) is 2.55. The third kappa shape index (κ3) is 2.97. The smallest absolute Gasteiger partial charge is 0.249 e. The summed E-state index contributed by atoms with van der Waals surface area (Å²) in [5, 5.41) is 9.34. The summed E-state index contributed by atoms with van der Waals surface area (Å²) in [6.07, 6.45) is 2.58. The zero-order valence-electron chi connectivity index (χ0n) is 16.5. The maximum absolute atomic E-state index is 5.50. The molecule has 1 aliphatic carbocycles. The summed E-state index contributed by atoms with van der Waals surface area (Å²) in [6, 6.07) is 4.52. The van der Waals surface area contributed by atoms with Gasteiger partial charge in [-0.15, -0.1) is 15.0 Å². The molecule has 28 heavy (non-hydrogen) atoms. The highest BCUT2D eigenvalue weighted by atomic mass is 16.5. The molecule has 0 unspecified atom stereocenters. The molecule has 8 nitrogen and oxygen atoms in total. The van der Waals surface area contributed by atoms with Crippen molar-refractivity contribution in [2.24, 2.45) is 0 Å². The standard InChI is InChI=1S/C20H24N6O2/c1-12-10-15(14-4-5-14)11-13(2)17(12)26-23-16-18(24-26)21-20(22-19(16)27-3)25-6-8-28-9-7-25/h10-11,14H,4-9H2,1-3H3. The van der Waals surface area contributed by atoms with Crippen molar-refractivity contribution in [3.63, 3.8) is 0 Å². The molecule has 0 bridgehead atoms. The van der Waals surface area contributed by atoms with Crippen molar-refractivity contribution < 1.29 is 9.47 Å². The first-order valence-corrected chi connectivity index (χ1v) is 9.77. The van der Waals surface area contributed by atoms with E-state index in [1.165, 1.54) is 29.5 Å². The fourth-order valence-corrected chi connectivity index (χ4v) is 3.88. The molecule has 3 heterocycles. The highest BCUT2D eigenvalue weighted by molar-refractivity contribution is 5.77.